The third-order valence-electron chi connectivity index (χ3n) is 3.59. The average Bonchev–Trinajstić information content (AvgIpc) is 2.21. The Morgan fingerprint density at radius 1 is 1.53 bits per heavy atom. The van der Waals surface area contributed by atoms with E-state index in [2.05, 4.69) is 0 Å². The van der Waals surface area contributed by atoms with Crippen LogP contribution in [0.2, 0.25) is 0 Å². The lowest BCUT2D eigenvalue weighted by Gasteiger charge is -2.44. The molecule has 2 atom stereocenters. The molecule has 0 aliphatic heterocycles. The molecule has 106 valence electrons. The molecule has 0 spiro atoms. The summed E-state index contributed by atoms with van der Waals surface area (Å²) in [6.45, 7) is 8.50. The van der Waals surface area contributed by atoms with Gasteiger partial charge in [-0.1, -0.05) is 13.8 Å². The average molecular weight is 266 g/mol. The van der Waals surface area contributed by atoms with Crippen LogP contribution in [-0.2, 0) is 14.3 Å². The van der Waals surface area contributed by atoms with Crippen LogP contribution in [-0.4, -0.2) is 28.6 Å². The minimum atomic E-state index is -1.20. The fourth-order valence-corrected chi connectivity index (χ4v) is 2.44. The lowest BCUT2D eigenvalue weighted by atomic mass is 9.64. The van der Waals surface area contributed by atoms with Crippen molar-refractivity contribution in [3.8, 4) is 0 Å². The predicted octanol–water partition coefficient (Wildman–Crippen LogP) is 2.17. The first-order valence-electron chi connectivity index (χ1n) is 6.39. The zero-order valence-electron chi connectivity index (χ0n) is 12.2. The van der Waals surface area contributed by atoms with E-state index >= 15 is 0 Å². The molecular formula is C15H22O4. The molecule has 0 bridgehead atoms. The molecule has 19 heavy (non-hydrogen) atoms. The SMILES string of the molecule is CC(=O)O[C@@H](C)/C=C/[C@@]1(O)C(C)=CC(=O)CC1(C)C. The van der Waals surface area contributed by atoms with Crippen LogP contribution in [0.5, 0.6) is 0 Å². The highest BCUT2D eigenvalue weighted by molar-refractivity contribution is 5.92. The van der Waals surface area contributed by atoms with E-state index in [9.17, 15) is 14.7 Å². The van der Waals surface area contributed by atoms with Gasteiger partial charge < -0.3 is 9.84 Å². The second-order valence-electron chi connectivity index (χ2n) is 5.79. The molecule has 0 heterocycles. The molecule has 0 saturated heterocycles. The third-order valence-corrected chi connectivity index (χ3v) is 3.59. The summed E-state index contributed by atoms with van der Waals surface area (Å²) in [6, 6.07) is 0. The van der Waals surface area contributed by atoms with E-state index in [-0.39, 0.29) is 18.2 Å². The smallest absolute Gasteiger partial charge is 0.303 e. The van der Waals surface area contributed by atoms with E-state index in [1.54, 1.807) is 26.0 Å². The topological polar surface area (TPSA) is 63.6 Å². The van der Waals surface area contributed by atoms with Crippen molar-refractivity contribution < 1.29 is 19.4 Å². The van der Waals surface area contributed by atoms with Crippen molar-refractivity contribution in [3.05, 3.63) is 23.8 Å². The molecule has 1 N–H and O–H groups in total. The number of carbonyl (C=O) groups excluding carboxylic acids is 2. The van der Waals surface area contributed by atoms with Gasteiger partial charge >= 0.3 is 5.97 Å². The highest BCUT2D eigenvalue weighted by atomic mass is 16.5. The number of rotatable bonds is 3. The van der Waals surface area contributed by atoms with Crippen LogP contribution in [0.1, 0.15) is 41.0 Å². The van der Waals surface area contributed by atoms with E-state index in [1.807, 2.05) is 13.8 Å². The lowest BCUT2D eigenvalue weighted by Crippen LogP contribution is -2.48. The van der Waals surface area contributed by atoms with Gasteiger partial charge in [-0.2, -0.15) is 0 Å². The first kappa shape index (κ1) is 15.6. The van der Waals surface area contributed by atoms with Crippen LogP contribution in [0.25, 0.3) is 0 Å². The van der Waals surface area contributed by atoms with Crippen LogP contribution < -0.4 is 0 Å². The van der Waals surface area contributed by atoms with Crippen LogP contribution in [0.4, 0.5) is 0 Å². The van der Waals surface area contributed by atoms with Crippen molar-refractivity contribution in [3.63, 3.8) is 0 Å². The Labute approximate surface area is 114 Å². The van der Waals surface area contributed by atoms with Crippen molar-refractivity contribution >= 4 is 11.8 Å². The molecule has 0 aromatic rings. The van der Waals surface area contributed by atoms with E-state index < -0.39 is 17.1 Å². The van der Waals surface area contributed by atoms with Gasteiger partial charge in [0.25, 0.3) is 0 Å². The summed E-state index contributed by atoms with van der Waals surface area (Å²) in [7, 11) is 0. The number of allylic oxidation sites excluding steroid dienone is 1. The van der Waals surface area contributed by atoms with E-state index in [0.717, 1.165) is 0 Å². The molecule has 0 radical (unpaired) electrons. The molecule has 0 amide bonds. The molecule has 1 aliphatic carbocycles. The van der Waals surface area contributed by atoms with Gasteiger partial charge in [-0.05, 0) is 37.6 Å². The fraction of sp³-hybridized carbons (Fsp3) is 0.600. The number of hydrogen-bond donors (Lipinski definition) is 1. The maximum atomic E-state index is 11.6. The fourth-order valence-electron chi connectivity index (χ4n) is 2.44. The Morgan fingerprint density at radius 3 is 2.58 bits per heavy atom. The van der Waals surface area contributed by atoms with E-state index in [4.69, 9.17) is 4.74 Å². The predicted molar refractivity (Wildman–Crippen MR) is 72.5 cm³/mol. The monoisotopic (exact) mass is 266 g/mol. The highest BCUT2D eigenvalue weighted by Crippen LogP contribution is 2.44. The molecule has 0 fully saturated rings. The van der Waals surface area contributed by atoms with Gasteiger partial charge in [0, 0.05) is 18.8 Å². The molecule has 4 nitrogen and oxygen atoms in total. The molecule has 1 rings (SSSR count). The molecule has 0 unspecified atom stereocenters. The van der Waals surface area contributed by atoms with Gasteiger partial charge in [-0.25, -0.2) is 0 Å². The summed E-state index contributed by atoms with van der Waals surface area (Å²) in [5, 5.41) is 10.8. The number of aliphatic hydroxyl groups is 1. The Kier molecular flexibility index (Phi) is 4.35. The van der Waals surface area contributed by atoms with E-state index in [0.29, 0.717) is 5.57 Å². The standard InChI is InChI=1S/C15H22O4/c1-10-8-13(17)9-14(4,5)15(10,18)7-6-11(2)19-12(3)16/h6-8,11,18H,9H2,1-5H3/b7-6+/t11-,15+/m0/s1. The van der Waals surface area contributed by atoms with Gasteiger partial charge in [0.05, 0.1) is 0 Å². The minimum absolute atomic E-state index is 0.0219. The van der Waals surface area contributed by atoms with Crippen molar-refractivity contribution in [1.82, 2.24) is 0 Å². The first-order valence-corrected chi connectivity index (χ1v) is 6.39. The van der Waals surface area contributed by atoms with Crippen LogP contribution in [0, 0.1) is 5.41 Å². The van der Waals surface area contributed by atoms with Crippen molar-refractivity contribution in [2.45, 2.75) is 52.7 Å². The summed E-state index contributed by atoms with van der Waals surface area (Å²) in [4.78, 5) is 22.4. The zero-order valence-corrected chi connectivity index (χ0v) is 12.2. The quantitative estimate of drug-likeness (QED) is 0.628. The minimum Gasteiger partial charge on any atom is -0.459 e. The van der Waals surface area contributed by atoms with Gasteiger partial charge in [0.2, 0.25) is 0 Å². The molecule has 0 aromatic carbocycles. The Morgan fingerprint density at radius 2 is 2.11 bits per heavy atom. The Bertz CT molecular complexity index is 445. The summed E-state index contributed by atoms with van der Waals surface area (Å²) in [5.74, 6) is -0.344. The van der Waals surface area contributed by atoms with Gasteiger partial charge in [0.1, 0.15) is 11.7 Å². The summed E-state index contributed by atoms with van der Waals surface area (Å²) < 4.78 is 4.99. The molecule has 0 saturated carbocycles. The normalized spacial score (nSPS) is 28.1. The lowest BCUT2D eigenvalue weighted by molar-refractivity contribution is -0.143. The highest BCUT2D eigenvalue weighted by Gasteiger charge is 2.46. The zero-order chi connectivity index (χ0) is 14.8. The maximum Gasteiger partial charge on any atom is 0.303 e. The number of ether oxygens (including phenoxy) is 1. The van der Waals surface area contributed by atoms with Crippen LogP contribution in [0.15, 0.2) is 23.8 Å². The number of hydrogen-bond acceptors (Lipinski definition) is 4. The summed E-state index contributed by atoms with van der Waals surface area (Å²) >= 11 is 0. The van der Waals surface area contributed by atoms with Gasteiger partial charge in [-0.3, -0.25) is 9.59 Å². The van der Waals surface area contributed by atoms with Gasteiger partial charge in [-0.15, -0.1) is 0 Å². The summed E-state index contributed by atoms with van der Waals surface area (Å²) in [5.41, 5.74) is -1.18. The van der Waals surface area contributed by atoms with E-state index in [1.165, 1.54) is 13.0 Å². The first-order chi connectivity index (χ1) is 8.58. The van der Waals surface area contributed by atoms with Gasteiger partial charge in [0.15, 0.2) is 5.78 Å². The van der Waals surface area contributed by atoms with Crippen molar-refractivity contribution in [2.75, 3.05) is 0 Å². The second kappa shape index (κ2) is 5.29. The Balaban J connectivity index is 3.01. The number of esters is 1. The molecule has 0 aromatic heterocycles. The molecular weight excluding hydrogens is 244 g/mol. The largest absolute Gasteiger partial charge is 0.459 e. The van der Waals surface area contributed by atoms with Crippen LogP contribution in [0.3, 0.4) is 0 Å². The Hall–Kier alpha value is -1.42. The maximum absolute atomic E-state index is 11.6. The van der Waals surface area contributed by atoms with Crippen LogP contribution >= 0.6 is 0 Å². The third kappa shape index (κ3) is 3.32. The number of carbonyl (C=O) groups is 2. The second-order valence-corrected chi connectivity index (χ2v) is 5.79. The summed E-state index contributed by atoms with van der Waals surface area (Å²) in [6.07, 6.45) is 4.62. The molecule has 4 heteroatoms. The molecule has 1 aliphatic rings. The number of ketones is 1. The van der Waals surface area contributed by atoms with Crippen molar-refractivity contribution in [2.24, 2.45) is 5.41 Å². The van der Waals surface area contributed by atoms with Crippen molar-refractivity contribution in [1.29, 1.82) is 0 Å².